The number of rotatable bonds is 3. The third kappa shape index (κ3) is 2.76. The largest absolute Gasteiger partial charge is 0.385 e. The van der Waals surface area contributed by atoms with Crippen molar-refractivity contribution in [1.29, 1.82) is 0 Å². The molecule has 88 valence electrons. The van der Waals surface area contributed by atoms with E-state index in [2.05, 4.69) is 5.32 Å². The van der Waals surface area contributed by atoms with Crippen molar-refractivity contribution in [2.45, 2.75) is 37.8 Å². The predicted octanol–water partition coefficient (Wildman–Crippen LogP) is 2.69. The number of benzene rings is 1. The second-order valence-corrected chi connectivity index (χ2v) is 5.21. The number of aliphatic hydroxyl groups is 1. The molecule has 2 unspecified atom stereocenters. The van der Waals surface area contributed by atoms with Gasteiger partial charge in [-0.15, -0.1) is 0 Å². The van der Waals surface area contributed by atoms with Gasteiger partial charge in [-0.25, -0.2) is 0 Å². The Labute approximate surface area is 102 Å². The SMILES string of the molecule is CC(O)(CC1CCCN1)c1ccc(Cl)cc1. The molecule has 1 aromatic carbocycles. The normalized spacial score (nSPS) is 24.3. The zero-order valence-corrected chi connectivity index (χ0v) is 10.3. The first-order valence-corrected chi connectivity index (χ1v) is 6.17. The average molecular weight is 240 g/mol. The van der Waals surface area contributed by atoms with Gasteiger partial charge in [0.1, 0.15) is 0 Å². The summed E-state index contributed by atoms with van der Waals surface area (Å²) in [7, 11) is 0. The van der Waals surface area contributed by atoms with Crippen LogP contribution in [0.2, 0.25) is 5.02 Å². The van der Waals surface area contributed by atoms with Crippen molar-refractivity contribution < 1.29 is 5.11 Å². The fraction of sp³-hybridized carbons (Fsp3) is 0.538. The van der Waals surface area contributed by atoms with Crippen molar-refractivity contribution >= 4 is 11.6 Å². The highest BCUT2D eigenvalue weighted by Crippen LogP contribution is 2.29. The third-order valence-electron chi connectivity index (χ3n) is 3.27. The lowest BCUT2D eigenvalue weighted by Crippen LogP contribution is -2.32. The van der Waals surface area contributed by atoms with Crippen LogP contribution in [0.15, 0.2) is 24.3 Å². The second-order valence-electron chi connectivity index (χ2n) is 4.78. The van der Waals surface area contributed by atoms with Gasteiger partial charge in [0.05, 0.1) is 5.60 Å². The maximum atomic E-state index is 10.5. The van der Waals surface area contributed by atoms with Crippen LogP contribution in [0.5, 0.6) is 0 Å². The standard InChI is InChI=1S/C13H18ClNO/c1-13(16,9-12-3-2-8-15-12)10-4-6-11(14)7-5-10/h4-7,12,15-16H,2-3,8-9H2,1H3. The van der Waals surface area contributed by atoms with Crippen LogP contribution in [0.1, 0.15) is 31.7 Å². The first-order chi connectivity index (χ1) is 7.58. The molecule has 3 heteroatoms. The minimum Gasteiger partial charge on any atom is -0.385 e. The van der Waals surface area contributed by atoms with Crippen molar-refractivity contribution in [1.82, 2.24) is 5.32 Å². The van der Waals surface area contributed by atoms with Crippen LogP contribution in [0.4, 0.5) is 0 Å². The van der Waals surface area contributed by atoms with Crippen molar-refractivity contribution in [2.24, 2.45) is 0 Å². The van der Waals surface area contributed by atoms with E-state index in [0.29, 0.717) is 11.1 Å². The number of hydrogen-bond donors (Lipinski definition) is 2. The molecule has 0 aromatic heterocycles. The summed E-state index contributed by atoms with van der Waals surface area (Å²) in [5.74, 6) is 0. The molecule has 1 heterocycles. The van der Waals surface area contributed by atoms with Gasteiger partial charge in [0.2, 0.25) is 0 Å². The van der Waals surface area contributed by atoms with Crippen LogP contribution in [-0.2, 0) is 5.60 Å². The highest BCUT2D eigenvalue weighted by molar-refractivity contribution is 6.30. The van der Waals surface area contributed by atoms with E-state index in [1.165, 1.54) is 6.42 Å². The van der Waals surface area contributed by atoms with Crippen LogP contribution in [0, 0.1) is 0 Å². The van der Waals surface area contributed by atoms with Gasteiger partial charge >= 0.3 is 0 Å². The molecule has 0 amide bonds. The van der Waals surface area contributed by atoms with Gasteiger partial charge in [-0.1, -0.05) is 23.7 Å². The minimum atomic E-state index is -0.771. The molecule has 2 rings (SSSR count). The molecular formula is C13H18ClNO. The van der Waals surface area contributed by atoms with Crippen molar-refractivity contribution in [2.75, 3.05) is 6.54 Å². The van der Waals surface area contributed by atoms with Crippen LogP contribution in [0.3, 0.4) is 0 Å². The Hall–Kier alpha value is -0.570. The summed E-state index contributed by atoms with van der Waals surface area (Å²) < 4.78 is 0. The summed E-state index contributed by atoms with van der Waals surface area (Å²) in [4.78, 5) is 0. The van der Waals surface area contributed by atoms with Gasteiger partial charge in [-0.2, -0.15) is 0 Å². The molecule has 0 spiro atoms. The molecule has 0 aliphatic carbocycles. The molecule has 1 saturated heterocycles. The lowest BCUT2D eigenvalue weighted by molar-refractivity contribution is 0.0385. The molecule has 2 N–H and O–H groups in total. The Morgan fingerprint density at radius 3 is 2.69 bits per heavy atom. The van der Waals surface area contributed by atoms with Gasteiger partial charge in [-0.05, 0) is 50.4 Å². The minimum absolute atomic E-state index is 0.436. The topological polar surface area (TPSA) is 32.3 Å². The summed E-state index contributed by atoms with van der Waals surface area (Å²) in [5.41, 5.74) is 0.165. The van der Waals surface area contributed by atoms with Crippen LogP contribution >= 0.6 is 11.6 Å². The molecule has 1 aromatic rings. The molecule has 0 bridgehead atoms. The van der Waals surface area contributed by atoms with Crippen LogP contribution in [-0.4, -0.2) is 17.7 Å². The Bertz CT molecular complexity index is 341. The summed E-state index contributed by atoms with van der Waals surface area (Å²) in [5, 5.41) is 14.6. The summed E-state index contributed by atoms with van der Waals surface area (Å²) in [6.45, 7) is 2.94. The number of halogens is 1. The van der Waals surface area contributed by atoms with E-state index in [4.69, 9.17) is 11.6 Å². The van der Waals surface area contributed by atoms with Gasteiger partial charge in [-0.3, -0.25) is 0 Å². The van der Waals surface area contributed by atoms with Gasteiger partial charge in [0, 0.05) is 11.1 Å². The molecular weight excluding hydrogens is 222 g/mol. The molecule has 2 nitrogen and oxygen atoms in total. The van der Waals surface area contributed by atoms with E-state index in [-0.39, 0.29) is 0 Å². The fourth-order valence-corrected chi connectivity index (χ4v) is 2.46. The number of nitrogens with one attached hydrogen (secondary N) is 1. The molecule has 0 radical (unpaired) electrons. The fourth-order valence-electron chi connectivity index (χ4n) is 2.34. The lowest BCUT2D eigenvalue weighted by Gasteiger charge is -2.27. The first kappa shape index (κ1) is 11.9. The monoisotopic (exact) mass is 239 g/mol. The average Bonchev–Trinajstić information content (AvgIpc) is 2.70. The zero-order chi connectivity index (χ0) is 11.6. The number of hydrogen-bond acceptors (Lipinski definition) is 2. The van der Waals surface area contributed by atoms with E-state index in [0.717, 1.165) is 24.9 Å². The highest BCUT2D eigenvalue weighted by atomic mass is 35.5. The predicted molar refractivity (Wildman–Crippen MR) is 66.7 cm³/mol. The highest BCUT2D eigenvalue weighted by Gasteiger charge is 2.28. The summed E-state index contributed by atoms with van der Waals surface area (Å²) in [6.07, 6.45) is 3.12. The second kappa shape index (κ2) is 4.74. The lowest BCUT2D eigenvalue weighted by atomic mass is 9.89. The Morgan fingerprint density at radius 2 is 2.12 bits per heavy atom. The molecule has 16 heavy (non-hydrogen) atoms. The zero-order valence-electron chi connectivity index (χ0n) is 9.54. The molecule has 2 atom stereocenters. The van der Waals surface area contributed by atoms with E-state index in [1.807, 2.05) is 31.2 Å². The molecule has 1 aliphatic rings. The Kier molecular flexibility index (Phi) is 3.53. The van der Waals surface area contributed by atoms with E-state index in [1.54, 1.807) is 0 Å². The quantitative estimate of drug-likeness (QED) is 0.850. The summed E-state index contributed by atoms with van der Waals surface area (Å²) in [6, 6.07) is 7.89. The smallest absolute Gasteiger partial charge is 0.0883 e. The maximum absolute atomic E-state index is 10.5. The van der Waals surface area contributed by atoms with Crippen LogP contribution in [0.25, 0.3) is 0 Å². The van der Waals surface area contributed by atoms with E-state index >= 15 is 0 Å². The molecule has 1 aliphatic heterocycles. The van der Waals surface area contributed by atoms with Crippen molar-refractivity contribution in [3.8, 4) is 0 Å². The van der Waals surface area contributed by atoms with E-state index in [9.17, 15) is 5.11 Å². The summed E-state index contributed by atoms with van der Waals surface area (Å²) >= 11 is 5.84. The maximum Gasteiger partial charge on any atom is 0.0883 e. The Balaban J connectivity index is 2.07. The molecule has 1 fully saturated rings. The van der Waals surface area contributed by atoms with Gasteiger partial charge in [0.25, 0.3) is 0 Å². The third-order valence-corrected chi connectivity index (χ3v) is 3.52. The van der Waals surface area contributed by atoms with E-state index < -0.39 is 5.60 Å². The van der Waals surface area contributed by atoms with Crippen molar-refractivity contribution in [3.05, 3.63) is 34.9 Å². The first-order valence-electron chi connectivity index (χ1n) is 5.80. The van der Waals surface area contributed by atoms with Gasteiger partial charge in [0.15, 0.2) is 0 Å². The Morgan fingerprint density at radius 1 is 1.44 bits per heavy atom. The molecule has 0 saturated carbocycles. The van der Waals surface area contributed by atoms with Crippen molar-refractivity contribution in [3.63, 3.8) is 0 Å². The van der Waals surface area contributed by atoms with Crippen LogP contribution < -0.4 is 5.32 Å². The van der Waals surface area contributed by atoms with Gasteiger partial charge < -0.3 is 10.4 Å².